The maximum Gasteiger partial charge on any atom is 0.391 e. The number of aliphatic carboxylic acids is 1. The van der Waals surface area contributed by atoms with Gasteiger partial charge in [0.15, 0.2) is 0 Å². The van der Waals surface area contributed by atoms with Crippen LogP contribution in [0.1, 0.15) is 18.9 Å². The molecule has 0 aliphatic heterocycles. The summed E-state index contributed by atoms with van der Waals surface area (Å²) in [5.41, 5.74) is 0.611. The smallest absolute Gasteiger partial charge is 0.391 e. The van der Waals surface area contributed by atoms with E-state index >= 15 is 0 Å². The minimum absolute atomic E-state index is 0.247. The summed E-state index contributed by atoms with van der Waals surface area (Å²) in [6, 6.07) is 4.28. The quantitative estimate of drug-likeness (QED) is 0.782. The van der Waals surface area contributed by atoms with Crippen LogP contribution < -0.4 is 10.6 Å². The van der Waals surface area contributed by atoms with Gasteiger partial charge in [-0.25, -0.2) is 4.79 Å². The van der Waals surface area contributed by atoms with Crippen molar-refractivity contribution in [2.75, 3.05) is 5.32 Å². The number of rotatable bonds is 5. The summed E-state index contributed by atoms with van der Waals surface area (Å²) in [4.78, 5) is 22.3. The molecule has 3 N–H and O–H groups in total. The number of hydrogen-bond donors (Lipinski definition) is 3. The second-order valence-corrected chi connectivity index (χ2v) is 4.55. The fraction of sp³-hybridized carbons (Fsp3) is 0.385. The maximum atomic E-state index is 12.2. The first-order chi connectivity index (χ1) is 9.67. The van der Waals surface area contributed by atoms with Gasteiger partial charge in [-0.2, -0.15) is 13.2 Å². The summed E-state index contributed by atoms with van der Waals surface area (Å²) in [6.07, 6.45) is -5.81. The second-order valence-electron chi connectivity index (χ2n) is 4.55. The molecule has 0 saturated heterocycles. The van der Waals surface area contributed by atoms with Crippen LogP contribution >= 0.6 is 0 Å². The number of carbonyl (C=O) groups is 2. The Morgan fingerprint density at radius 2 is 1.90 bits per heavy atom. The van der Waals surface area contributed by atoms with Gasteiger partial charge in [-0.05, 0) is 18.6 Å². The zero-order valence-corrected chi connectivity index (χ0v) is 11.2. The van der Waals surface area contributed by atoms with Crippen LogP contribution in [0.15, 0.2) is 24.3 Å². The monoisotopic (exact) mass is 304 g/mol. The van der Waals surface area contributed by atoms with E-state index in [4.69, 9.17) is 5.11 Å². The van der Waals surface area contributed by atoms with Crippen molar-refractivity contribution in [2.24, 2.45) is 0 Å². The average molecular weight is 304 g/mol. The number of urea groups is 1. The normalized spacial score (nSPS) is 12.6. The molecule has 1 atom stereocenters. The SMILES string of the molecule is CC(CC(F)(F)F)NC(=O)Nc1ccccc1CC(=O)O. The first kappa shape index (κ1) is 16.8. The fourth-order valence-corrected chi connectivity index (χ4v) is 1.74. The van der Waals surface area contributed by atoms with Gasteiger partial charge in [0.1, 0.15) is 0 Å². The number of halogens is 3. The molecule has 0 spiro atoms. The molecule has 1 unspecified atom stereocenters. The van der Waals surface area contributed by atoms with E-state index in [-0.39, 0.29) is 12.1 Å². The molecule has 1 aromatic rings. The lowest BCUT2D eigenvalue weighted by atomic mass is 10.1. The third kappa shape index (κ3) is 6.64. The Morgan fingerprint density at radius 3 is 2.48 bits per heavy atom. The Hall–Kier alpha value is -2.25. The highest BCUT2D eigenvalue weighted by atomic mass is 19.4. The summed E-state index contributed by atoms with van der Waals surface area (Å²) in [5, 5.41) is 13.2. The number of carbonyl (C=O) groups excluding carboxylic acids is 1. The van der Waals surface area contributed by atoms with E-state index in [1.807, 2.05) is 0 Å². The topological polar surface area (TPSA) is 78.4 Å². The van der Waals surface area contributed by atoms with E-state index in [0.29, 0.717) is 5.56 Å². The van der Waals surface area contributed by atoms with Gasteiger partial charge in [0.2, 0.25) is 0 Å². The third-order valence-corrected chi connectivity index (χ3v) is 2.52. The number of hydrogen-bond acceptors (Lipinski definition) is 2. The first-order valence-electron chi connectivity index (χ1n) is 6.11. The zero-order chi connectivity index (χ0) is 16.0. The van der Waals surface area contributed by atoms with Crippen LogP contribution in [0.4, 0.5) is 23.7 Å². The van der Waals surface area contributed by atoms with Crippen molar-refractivity contribution in [3.63, 3.8) is 0 Å². The zero-order valence-electron chi connectivity index (χ0n) is 11.2. The molecule has 2 amide bonds. The van der Waals surface area contributed by atoms with Gasteiger partial charge in [-0.1, -0.05) is 18.2 Å². The Kier molecular flexibility index (Phi) is 5.57. The van der Waals surface area contributed by atoms with Gasteiger partial charge >= 0.3 is 18.2 Å². The van der Waals surface area contributed by atoms with Crippen LogP contribution in [-0.2, 0) is 11.2 Å². The van der Waals surface area contributed by atoms with Gasteiger partial charge in [-0.3, -0.25) is 4.79 Å². The minimum atomic E-state index is -4.37. The van der Waals surface area contributed by atoms with Crippen LogP contribution in [0.25, 0.3) is 0 Å². The number of para-hydroxylation sites is 1. The molecule has 5 nitrogen and oxygen atoms in total. The van der Waals surface area contributed by atoms with E-state index < -0.39 is 30.6 Å². The molecule has 0 aliphatic rings. The molecule has 0 aliphatic carbocycles. The van der Waals surface area contributed by atoms with Crippen molar-refractivity contribution in [1.29, 1.82) is 0 Å². The van der Waals surface area contributed by atoms with Gasteiger partial charge in [-0.15, -0.1) is 0 Å². The molecule has 1 rings (SSSR count). The van der Waals surface area contributed by atoms with Crippen molar-refractivity contribution in [1.82, 2.24) is 5.32 Å². The number of benzene rings is 1. The molecule has 0 fully saturated rings. The van der Waals surface area contributed by atoms with Crippen LogP contribution in [0.2, 0.25) is 0 Å². The number of anilines is 1. The highest BCUT2D eigenvalue weighted by Crippen LogP contribution is 2.21. The molecular formula is C13H15F3N2O3. The Labute approximate surface area is 119 Å². The highest BCUT2D eigenvalue weighted by Gasteiger charge is 2.30. The number of nitrogens with one attached hydrogen (secondary N) is 2. The van der Waals surface area contributed by atoms with Crippen LogP contribution in [0, 0.1) is 0 Å². The number of carboxylic acid groups (broad SMARTS) is 1. The van der Waals surface area contributed by atoms with Crippen LogP contribution in [0.5, 0.6) is 0 Å². The Bertz CT molecular complexity index is 518. The summed E-state index contributed by atoms with van der Waals surface area (Å²) < 4.78 is 36.5. The van der Waals surface area contributed by atoms with Crippen LogP contribution in [-0.4, -0.2) is 29.3 Å². The predicted molar refractivity (Wildman–Crippen MR) is 70.1 cm³/mol. The average Bonchev–Trinajstić information content (AvgIpc) is 2.28. The number of amides is 2. The van der Waals surface area contributed by atoms with Crippen LogP contribution in [0.3, 0.4) is 0 Å². The second kappa shape index (κ2) is 6.96. The van der Waals surface area contributed by atoms with Gasteiger partial charge in [0.05, 0.1) is 12.8 Å². The largest absolute Gasteiger partial charge is 0.481 e. The van der Waals surface area contributed by atoms with Gasteiger partial charge < -0.3 is 15.7 Å². The first-order valence-corrected chi connectivity index (χ1v) is 6.11. The molecule has 116 valence electrons. The third-order valence-electron chi connectivity index (χ3n) is 2.52. The standard InChI is InChI=1S/C13H15F3N2O3/c1-8(7-13(14,15)16)17-12(21)18-10-5-3-2-4-9(10)6-11(19)20/h2-5,8H,6-7H2,1H3,(H,19,20)(H2,17,18,21). The van der Waals surface area contributed by atoms with Gasteiger partial charge in [0.25, 0.3) is 0 Å². The van der Waals surface area contributed by atoms with Crippen molar-refractivity contribution >= 4 is 17.7 Å². The summed E-state index contributed by atoms with van der Waals surface area (Å²) >= 11 is 0. The summed E-state index contributed by atoms with van der Waals surface area (Å²) in [5.74, 6) is -1.07. The van der Waals surface area contributed by atoms with E-state index in [1.54, 1.807) is 12.1 Å². The highest BCUT2D eigenvalue weighted by molar-refractivity contribution is 5.91. The number of alkyl halides is 3. The fourth-order valence-electron chi connectivity index (χ4n) is 1.74. The Balaban J connectivity index is 2.65. The lowest BCUT2D eigenvalue weighted by Crippen LogP contribution is -2.38. The lowest BCUT2D eigenvalue weighted by molar-refractivity contribution is -0.138. The summed E-state index contributed by atoms with van der Waals surface area (Å²) in [7, 11) is 0. The molecule has 8 heteroatoms. The van der Waals surface area contributed by atoms with Crippen molar-refractivity contribution in [2.45, 2.75) is 32.0 Å². The predicted octanol–water partition coefficient (Wildman–Crippen LogP) is 2.78. The van der Waals surface area contributed by atoms with E-state index in [0.717, 1.165) is 0 Å². The van der Waals surface area contributed by atoms with Crippen molar-refractivity contribution < 1.29 is 27.9 Å². The van der Waals surface area contributed by atoms with E-state index in [9.17, 15) is 22.8 Å². The lowest BCUT2D eigenvalue weighted by Gasteiger charge is -2.17. The molecular weight excluding hydrogens is 289 g/mol. The van der Waals surface area contributed by atoms with Crippen molar-refractivity contribution in [3.8, 4) is 0 Å². The molecule has 0 aromatic heterocycles. The molecule has 0 bridgehead atoms. The molecule has 0 saturated carbocycles. The van der Waals surface area contributed by atoms with E-state index in [2.05, 4.69) is 10.6 Å². The Morgan fingerprint density at radius 1 is 1.29 bits per heavy atom. The van der Waals surface area contributed by atoms with Gasteiger partial charge in [0, 0.05) is 11.7 Å². The number of carboxylic acids is 1. The molecule has 21 heavy (non-hydrogen) atoms. The molecule has 0 heterocycles. The minimum Gasteiger partial charge on any atom is -0.481 e. The molecule has 1 aromatic carbocycles. The summed E-state index contributed by atoms with van der Waals surface area (Å²) in [6.45, 7) is 1.23. The van der Waals surface area contributed by atoms with Crippen molar-refractivity contribution in [3.05, 3.63) is 29.8 Å². The van der Waals surface area contributed by atoms with E-state index in [1.165, 1.54) is 19.1 Å². The molecule has 0 radical (unpaired) electrons. The maximum absolute atomic E-state index is 12.2.